The Morgan fingerprint density at radius 2 is 1.85 bits per heavy atom. The van der Waals surface area contributed by atoms with E-state index in [0.29, 0.717) is 17.7 Å². The molecule has 0 amide bonds. The van der Waals surface area contributed by atoms with Gasteiger partial charge in [0.25, 0.3) is 0 Å². The van der Waals surface area contributed by atoms with Crippen LogP contribution in [0.2, 0.25) is 0 Å². The van der Waals surface area contributed by atoms with E-state index < -0.39 is 0 Å². The van der Waals surface area contributed by atoms with E-state index in [4.69, 9.17) is 4.42 Å². The minimum absolute atomic E-state index is 0.0916. The summed E-state index contributed by atoms with van der Waals surface area (Å²) in [5.41, 5.74) is 0.642. The predicted molar refractivity (Wildman–Crippen MR) is 80.0 cm³/mol. The van der Waals surface area contributed by atoms with Gasteiger partial charge in [-0.15, -0.1) is 6.58 Å². The first-order valence-corrected chi connectivity index (χ1v) is 6.51. The van der Waals surface area contributed by atoms with Crippen molar-refractivity contribution < 1.29 is 9.21 Å². The Kier molecular flexibility index (Phi) is 3.21. The lowest BCUT2D eigenvalue weighted by atomic mass is 10.0. The smallest absolute Gasteiger partial charge is 0.228 e. The fourth-order valence-corrected chi connectivity index (χ4v) is 2.22. The lowest BCUT2D eigenvalue weighted by molar-refractivity contribution is 0.101. The number of fused-ring (bicyclic) bond motifs is 1. The molecule has 3 rings (SSSR count). The second kappa shape index (κ2) is 5.17. The highest BCUT2D eigenvalue weighted by Crippen LogP contribution is 2.19. The molecule has 2 aromatic carbocycles. The third kappa shape index (κ3) is 2.28. The highest BCUT2D eigenvalue weighted by Gasteiger charge is 2.13. The van der Waals surface area contributed by atoms with Crippen molar-refractivity contribution in [2.45, 2.75) is 6.42 Å². The van der Waals surface area contributed by atoms with Crippen molar-refractivity contribution in [2.75, 3.05) is 0 Å². The molecule has 98 valence electrons. The van der Waals surface area contributed by atoms with Gasteiger partial charge in [-0.05, 0) is 29.0 Å². The van der Waals surface area contributed by atoms with Gasteiger partial charge in [-0.25, -0.2) is 0 Å². The molecule has 0 saturated heterocycles. The molecule has 0 unspecified atom stereocenters. The van der Waals surface area contributed by atoms with E-state index >= 15 is 0 Å². The topological polar surface area (TPSA) is 30.2 Å². The Morgan fingerprint density at radius 1 is 1.05 bits per heavy atom. The van der Waals surface area contributed by atoms with Crippen LogP contribution in [0.15, 0.2) is 71.7 Å². The normalized spacial score (nSPS) is 10.6. The average molecular weight is 262 g/mol. The van der Waals surface area contributed by atoms with Gasteiger partial charge >= 0.3 is 0 Å². The lowest BCUT2D eigenvalue weighted by Crippen LogP contribution is -1.99. The number of allylic oxidation sites excluding steroid dienone is 1. The van der Waals surface area contributed by atoms with E-state index in [9.17, 15) is 4.79 Å². The minimum atomic E-state index is -0.0916. The molecule has 0 aliphatic heterocycles. The van der Waals surface area contributed by atoms with Crippen LogP contribution in [0.1, 0.15) is 21.9 Å². The molecule has 1 heterocycles. The van der Waals surface area contributed by atoms with E-state index in [1.54, 1.807) is 12.1 Å². The third-order valence-corrected chi connectivity index (χ3v) is 3.24. The average Bonchev–Trinajstić information content (AvgIpc) is 2.95. The van der Waals surface area contributed by atoms with Crippen molar-refractivity contribution in [3.05, 3.63) is 84.3 Å². The molecule has 2 nitrogen and oxygen atoms in total. The molecule has 2 heteroatoms. The number of ketones is 1. The van der Waals surface area contributed by atoms with Gasteiger partial charge < -0.3 is 4.42 Å². The Labute approximate surface area is 117 Å². The van der Waals surface area contributed by atoms with Crippen LogP contribution in [0.3, 0.4) is 0 Å². The van der Waals surface area contributed by atoms with Gasteiger partial charge in [0.1, 0.15) is 5.76 Å². The SMILES string of the molecule is C=CCc1ccc(C(=O)c2ccc3ccccc3c2)o1. The molecule has 20 heavy (non-hydrogen) atoms. The number of benzene rings is 2. The van der Waals surface area contributed by atoms with Crippen molar-refractivity contribution in [1.29, 1.82) is 0 Å². The van der Waals surface area contributed by atoms with Gasteiger partial charge in [0.2, 0.25) is 5.78 Å². The van der Waals surface area contributed by atoms with Gasteiger partial charge in [-0.1, -0.05) is 42.5 Å². The largest absolute Gasteiger partial charge is 0.457 e. The van der Waals surface area contributed by atoms with Crippen LogP contribution in [0.4, 0.5) is 0 Å². The van der Waals surface area contributed by atoms with E-state index in [0.717, 1.165) is 16.5 Å². The summed E-state index contributed by atoms with van der Waals surface area (Å²) >= 11 is 0. The van der Waals surface area contributed by atoms with Crippen LogP contribution in [0.5, 0.6) is 0 Å². The van der Waals surface area contributed by atoms with E-state index in [1.165, 1.54) is 0 Å². The number of furan rings is 1. The fraction of sp³-hybridized carbons (Fsp3) is 0.0556. The summed E-state index contributed by atoms with van der Waals surface area (Å²) in [6, 6.07) is 17.2. The van der Waals surface area contributed by atoms with E-state index in [2.05, 4.69) is 6.58 Å². The second-order valence-electron chi connectivity index (χ2n) is 4.65. The fourth-order valence-electron chi connectivity index (χ4n) is 2.22. The van der Waals surface area contributed by atoms with Crippen LogP contribution in [0, 0.1) is 0 Å². The summed E-state index contributed by atoms with van der Waals surface area (Å²) in [7, 11) is 0. The van der Waals surface area contributed by atoms with Crippen LogP contribution in [-0.2, 0) is 6.42 Å². The van der Waals surface area contributed by atoms with Gasteiger partial charge in [-0.2, -0.15) is 0 Å². The molecule has 0 atom stereocenters. The molecule has 0 saturated carbocycles. The van der Waals surface area contributed by atoms with Gasteiger partial charge in [0.05, 0.1) is 0 Å². The molecule has 0 aliphatic rings. The quantitative estimate of drug-likeness (QED) is 0.515. The van der Waals surface area contributed by atoms with Crippen molar-refractivity contribution in [3.8, 4) is 0 Å². The Morgan fingerprint density at radius 3 is 2.65 bits per heavy atom. The van der Waals surface area contributed by atoms with Crippen molar-refractivity contribution >= 4 is 16.6 Å². The molecule has 0 radical (unpaired) electrons. The predicted octanol–water partition coefficient (Wildman–Crippen LogP) is 4.39. The number of carbonyl (C=O) groups excluding carboxylic acids is 1. The minimum Gasteiger partial charge on any atom is -0.457 e. The van der Waals surface area contributed by atoms with Crippen molar-refractivity contribution in [1.82, 2.24) is 0 Å². The van der Waals surface area contributed by atoms with E-state index in [1.807, 2.05) is 48.5 Å². The maximum Gasteiger partial charge on any atom is 0.228 e. The first-order chi connectivity index (χ1) is 9.78. The standard InChI is InChI=1S/C18H14O2/c1-2-5-16-10-11-17(20-16)18(19)15-9-8-13-6-3-4-7-14(13)12-15/h2-4,6-12H,1,5H2. The monoisotopic (exact) mass is 262 g/mol. The molecule has 0 N–H and O–H groups in total. The number of hydrogen-bond acceptors (Lipinski definition) is 2. The maximum absolute atomic E-state index is 12.4. The van der Waals surface area contributed by atoms with Gasteiger partial charge in [0, 0.05) is 12.0 Å². The van der Waals surface area contributed by atoms with Crippen molar-refractivity contribution in [2.24, 2.45) is 0 Å². The second-order valence-corrected chi connectivity index (χ2v) is 4.65. The van der Waals surface area contributed by atoms with E-state index in [-0.39, 0.29) is 5.78 Å². The summed E-state index contributed by atoms with van der Waals surface area (Å²) in [6.07, 6.45) is 2.38. The Hall–Kier alpha value is -2.61. The molecule has 0 spiro atoms. The highest BCUT2D eigenvalue weighted by molar-refractivity contribution is 6.09. The van der Waals surface area contributed by atoms with Crippen LogP contribution < -0.4 is 0 Å². The molecular weight excluding hydrogens is 248 g/mol. The molecule has 0 fully saturated rings. The summed E-state index contributed by atoms with van der Waals surface area (Å²) in [5.74, 6) is 1.03. The lowest BCUT2D eigenvalue weighted by Gasteiger charge is -2.01. The molecule has 1 aromatic heterocycles. The number of hydrogen-bond donors (Lipinski definition) is 0. The molecule has 3 aromatic rings. The first-order valence-electron chi connectivity index (χ1n) is 6.51. The van der Waals surface area contributed by atoms with Crippen LogP contribution >= 0.6 is 0 Å². The Bertz CT molecular complexity index is 781. The summed E-state index contributed by atoms with van der Waals surface area (Å²) in [6.45, 7) is 3.66. The first kappa shape index (κ1) is 12.4. The number of rotatable bonds is 4. The zero-order valence-corrected chi connectivity index (χ0v) is 11.0. The zero-order valence-electron chi connectivity index (χ0n) is 11.0. The zero-order chi connectivity index (χ0) is 13.9. The van der Waals surface area contributed by atoms with Crippen LogP contribution in [0.25, 0.3) is 10.8 Å². The Balaban J connectivity index is 1.96. The summed E-state index contributed by atoms with van der Waals surface area (Å²) in [4.78, 5) is 12.4. The number of carbonyl (C=O) groups is 1. The molecule has 0 bridgehead atoms. The summed E-state index contributed by atoms with van der Waals surface area (Å²) in [5, 5.41) is 2.17. The van der Waals surface area contributed by atoms with Crippen LogP contribution in [-0.4, -0.2) is 5.78 Å². The third-order valence-electron chi connectivity index (χ3n) is 3.24. The molecule has 0 aliphatic carbocycles. The highest BCUT2D eigenvalue weighted by atomic mass is 16.3. The summed E-state index contributed by atoms with van der Waals surface area (Å²) < 4.78 is 5.53. The van der Waals surface area contributed by atoms with Gasteiger partial charge in [0.15, 0.2) is 5.76 Å². The molecular formula is C18H14O2. The van der Waals surface area contributed by atoms with Gasteiger partial charge in [-0.3, -0.25) is 4.79 Å². The maximum atomic E-state index is 12.4. The van der Waals surface area contributed by atoms with Crippen molar-refractivity contribution in [3.63, 3.8) is 0 Å².